The zero-order valence-electron chi connectivity index (χ0n) is 54.3. The van der Waals surface area contributed by atoms with Gasteiger partial charge in [-0.15, -0.1) is 11.8 Å². The van der Waals surface area contributed by atoms with E-state index in [1.165, 1.54) is 18.7 Å². The van der Waals surface area contributed by atoms with E-state index >= 15 is 9.59 Å². The summed E-state index contributed by atoms with van der Waals surface area (Å²) in [7, 11) is 0. The van der Waals surface area contributed by atoms with Crippen LogP contribution < -0.4 is 42.5 Å². The molecule has 7 rings (SSSR count). The molecule has 2 aromatic carbocycles. The highest BCUT2D eigenvalue weighted by atomic mass is 32.2. The van der Waals surface area contributed by atoms with Gasteiger partial charge in [-0.2, -0.15) is 11.8 Å². The smallest absolute Gasteiger partial charge is 0.243 e. The highest BCUT2D eigenvalue weighted by Gasteiger charge is 2.46. The summed E-state index contributed by atoms with van der Waals surface area (Å²) in [5, 5.41) is 54.1. The number of para-hydroxylation sites is 1. The summed E-state index contributed by atoms with van der Waals surface area (Å²) in [5.74, 6) is -15.7. The van der Waals surface area contributed by atoms with Crippen molar-refractivity contribution < 1.29 is 82.4 Å². The van der Waals surface area contributed by atoms with Crippen molar-refractivity contribution in [1.29, 1.82) is 0 Å². The number of imide groups is 1. The van der Waals surface area contributed by atoms with E-state index in [-0.39, 0.29) is 68.7 Å². The SMILES string of the molecule is CC[C@H](C)[C@@H]1NC(=O)CNC(=O)C2Cc3c([nH]c4ccccc34)SC[C@H](NC(=O)CNC1=O)C(=O)C[C@@H](CC(=O)NCc1ccc(NC(=O)[C@H](C)CC(=O)C(NC(=O)CCN3C(=O)CC(SC)C3=O)C(C)C)cc1)C(=O)N1C[C@H](O)C[C@@H]1C(=O)C[C@@H]([C@@H](C)[C@@H](O)CO)C(=O)N2. The summed E-state index contributed by atoms with van der Waals surface area (Å²) >= 11 is 2.30. The lowest BCUT2D eigenvalue weighted by Crippen LogP contribution is -2.56. The van der Waals surface area contributed by atoms with E-state index < -0.39 is 193 Å². The van der Waals surface area contributed by atoms with E-state index in [2.05, 4.69) is 47.5 Å². The number of aliphatic hydroxyl groups is 3. The second-order valence-corrected chi connectivity index (χ2v) is 27.4. The zero-order chi connectivity index (χ0) is 69.5. The van der Waals surface area contributed by atoms with Crippen molar-refractivity contribution in [3.8, 4) is 0 Å². The molecule has 28 nitrogen and oxygen atoms in total. The van der Waals surface area contributed by atoms with Crippen LogP contribution in [0.3, 0.4) is 0 Å². The van der Waals surface area contributed by atoms with Crippen molar-refractivity contribution in [3.63, 3.8) is 0 Å². The minimum absolute atomic E-state index is 0.0542. The summed E-state index contributed by atoms with van der Waals surface area (Å²) < 4.78 is 0. The lowest BCUT2D eigenvalue weighted by atomic mass is 9.83. The van der Waals surface area contributed by atoms with E-state index in [1.54, 1.807) is 89.4 Å². The number of aromatic amines is 1. The fraction of sp³-hybridized carbons (Fsp3) is 0.569. The van der Waals surface area contributed by atoms with Crippen molar-refractivity contribution in [2.24, 2.45) is 35.5 Å². The van der Waals surface area contributed by atoms with Crippen molar-refractivity contribution in [1.82, 2.24) is 52.0 Å². The van der Waals surface area contributed by atoms with E-state index in [0.29, 0.717) is 39.2 Å². The van der Waals surface area contributed by atoms with Crippen LogP contribution in [0.4, 0.5) is 5.69 Å². The van der Waals surface area contributed by atoms with Crippen molar-refractivity contribution >= 4 is 122 Å². The standard InChI is InChI=1S/C65H87N11O17S2/c1-8-33(4)58-62(91)68-27-54(85)70-45-31-95-63-42(40-11-9-10-12-43(40)72-63)23-44(61(90)67-28-55(86)74-58)71-60(89)41(35(6)50(82)30-77)24-48(80)46-22-39(78)29-76(46)64(92)37(20-47(45)79)21-53(84)66-26-36-13-15-38(16-14-36)69-59(88)34(5)19-49(81)57(32(2)3)73-52(83)17-18-75-56(87)25-51(94-7)65(75)93/h9-16,32-35,37,39,41,44-46,50-51,57-58,72,77-78,82H,8,17-31H2,1-7H3,(H,66,84)(H,67,90)(H,68,91)(H,69,88)(H,70,85)(H,71,89)(H,73,83)(H,74,86)/t33-,34+,35+,37-,39+,41-,44?,45-,46+,50-,51?,57?,58-/m0/s1. The number of aromatic nitrogens is 1. The number of aliphatic hydroxyl groups excluding tert-OH is 3. The second kappa shape index (κ2) is 34.1. The van der Waals surface area contributed by atoms with Crippen LogP contribution in [0.25, 0.3) is 10.9 Å². The number of carbonyl (C=O) groups is 14. The van der Waals surface area contributed by atoms with Gasteiger partial charge in [0, 0.05) is 105 Å². The first-order chi connectivity index (χ1) is 45.1. The first-order valence-corrected chi connectivity index (χ1v) is 34.2. The number of hydrogen-bond acceptors (Lipinski definition) is 19. The number of likely N-dealkylation sites (tertiary alicyclic amines) is 1. The molecule has 3 aromatic rings. The molecule has 4 aliphatic rings. The van der Waals surface area contributed by atoms with E-state index in [1.807, 2.05) is 0 Å². The molecule has 2 saturated heterocycles. The van der Waals surface area contributed by atoms with Gasteiger partial charge in [0.2, 0.25) is 65.0 Å². The predicted molar refractivity (Wildman–Crippen MR) is 349 cm³/mol. The van der Waals surface area contributed by atoms with Gasteiger partial charge in [0.25, 0.3) is 0 Å². The number of rotatable bonds is 20. The predicted octanol–water partition coefficient (Wildman–Crippen LogP) is -0.0738. The fourth-order valence-corrected chi connectivity index (χ4v) is 13.8. The van der Waals surface area contributed by atoms with Gasteiger partial charge in [0.1, 0.15) is 12.1 Å². The van der Waals surface area contributed by atoms with Gasteiger partial charge in [-0.1, -0.05) is 78.3 Å². The van der Waals surface area contributed by atoms with E-state index in [9.17, 15) is 72.9 Å². The van der Waals surface area contributed by atoms with Gasteiger partial charge in [0.05, 0.1) is 66.2 Å². The van der Waals surface area contributed by atoms with Crippen molar-refractivity contribution in [2.45, 2.75) is 159 Å². The number of benzene rings is 2. The van der Waals surface area contributed by atoms with Crippen molar-refractivity contribution in [2.75, 3.05) is 50.1 Å². The van der Waals surface area contributed by atoms with Gasteiger partial charge in [-0.25, -0.2) is 0 Å². The zero-order valence-corrected chi connectivity index (χ0v) is 55.9. The molecule has 13 atom stereocenters. The van der Waals surface area contributed by atoms with Crippen LogP contribution >= 0.6 is 23.5 Å². The number of carbonyl (C=O) groups excluding carboxylic acids is 14. The van der Waals surface area contributed by atoms with Crippen LogP contribution in [0.1, 0.15) is 104 Å². The van der Waals surface area contributed by atoms with Gasteiger partial charge < -0.3 is 67.7 Å². The Balaban J connectivity index is 1.13. The van der Waals surface area contributed by atoms with Gasteiger partial charge in [-0.3, -0.25) is 72.0 Å². The number of nitrogens with one attached hydrogen (secondary N) is 9. The van der Waals surface area contributed by atoms with Crippen LogP contribution in [0.5, 0.6) is 0 Å². The van der Waals surface area contributed by atoms with E-state index in [4.69, 9.17) is 0 Å². The minimum Gasteiger partial charge on any atom is -0.394 e. The van der Waals surface area contributed by atoms with E-state index in [0.717, 1.165) is 21.6 Å². The molecule has 2 bridgehead atoms. The molecular weight excluding hydrogens is 1270 g/mol. The first-order valence-electron chi connectivity index (χ1n) is 32.0. The summed E-state index contributed by atoms with van der Waals surface area (Å²) in [5.41, 5.74) is 1.87. The maximum atomic E-state index is 15.1. The Morgan fingerprint density at radius 1 is 0.779 bits per heavy atom. The van der Waals surface area contributed by atoms with Crippen molar-refractivity contribution in [3.05, 3.63) is 59.7 Å². The average Bonchev–Trinajstić information content (AvgIpc) is 1.77. The first kappa shape index (κ1) is 74.3. The minimum atomic E-state index is -1.58. The lowest BCUT2D eigenvalue weighted by molar-refractivity contribution is -0.145. The Bertz CT molecular complexity index is 3400. The Morgan fingerprint density at radius 3 is 2.13 bits per heavy atom. The molecule has 0 saturated carbocycles. The average molecular weight is 1360 g/mol. The molecule has 3 unspecified atom stereocenters. The third-order valence-electron chi connectivity index (χ3n) is 18.0. The van der Waals surface area contributed by atoms with Gasteiger partial charge in [-0.05, 0) is 53.3 Å². The number of ketones is 3. The van der Waals surface area contributed by atoms with Crippen LogP contribution in [0.15, 0.2) is 53.6 Å². The molecule has 0 aliphatic carbocycles. The quantitative estimate of drug-likeness (QED) is 0.0659. The highest BCUT2D eigenvalue weighted by molar-refractivity contribution is 8.00. The molecule has 12 N–H and O–H groups in total. The summed E-state index contributed by atoms with van der Waals surface area (Å²) in [6.45, 7) is 6.99. The van der Waals surface area contributed by atoms with Crippen LogP contribution in [-0.2, 0) is 80.1 Å². The Morgan fingerprint density at radius 2 is 1.46 bits per heavy atom. The van der Waals surface area contributed by atoms with Gasteiger partial charge in [0.15, 0.2) is 17.3 Å². The summed E-state index contributed by atoms with van der Waals surface area (Å²) in [4.78, 5) is 200. The van der Waals surface area contributed by atoms with Crippen LogP contribution in [0, 0.1) is 35.5 Å². The topological polar surface area (TPSA) is 418 Å². The normalized spacial score (nSPS) is 24.7. The number of anilines is 1. The molecule has 1 aromatic heterocycles. The van der Waals surface area contributed by atoms with Crippen LogP contribution in [-0.4, -0.2) is 205 Å². The third-order valence-corrected chi connectivity index (χ3v) is 20.1. The molecule has 11 amide bonds. The molecule has 516 valence electrons. The molecule has 4 aliphatic heterocycles. The summed E-state index contributed by atoms with van der Waals surface area (Å²) in [6, 6.07) is 6.68. The highest BCUT2D eigenvalue weighted by Crippen LogP contribution is 2.34. The summed E-state index contributed by atoms with van der Waals surface area (Å²) in [6.07, 6.45) is -3.86. The molecule has 95 heavy (non-hydrogen) atoms. The second-order valence-electron chi connectivity index (χ2n) is 25.3. The fourth-order valence-electron chi connectivity index (χ4n) is 12.0. The number of fused-ring (bicyclic) bond motifs is 5. The Kier molecular flexibility index (Phi) is 26.6. The number of thioether (sulfide) groups is 2. The number of Topliss-reactive ketones (excluding diaryl/α,β-unsaturated/α-hetero) is 3. The monoisotopic (exact) mass is 1360 g/mol. The number of hydrogen-bond donors (Lipinski definition) is 12. The Hall–Kier alpha value is -8.06. The lowest BCUT2D eigenvalue weighted by Gasteiger charge is -2.31. The Labute approximate surface area is 558 Å². The number of H-pyrrole nitrogens is 1. The molecule has 30 heteroatoms. The number of nitrogens with zero attached hydrogens (tertiary/aromatic N) is 2. The molecular formula is C65H87N11O17S2. The third kappa shape index (κ3) is 19.6. The maximum Gasteiger partial charge on any atom is 0.243 e. The molecule has 0 spiro atoms. The molecule has 5 heterocycles. The van der Waals surface area contributed by atoms with Crippen LogP contribution in [0.2, 0.25) is 0 Å². The largest absolute Gasteiger partial charge is 0.394 e. The maximum absolute atomic E-state index is 15.1. The molecule has 0 radical (unpaired) electrons. The number of amides is 11. The van der Waals surface area contributed by atoms with Gasteiger partial charge >= 0.3 is 0 Å². The molecule has 2 fully saturated rings.